The highest BCUT2D eigenvalue weighted by molar-refractivity contribution is 5.19. The fourth-order valence-corrected chi connectivity index (χ4v) is 2.58. The van der Waals surface area contributed by atoms with Crippen LogP contribution in [0.15, 0.2) is 30.3 Å². The smallest absolute Gasteiger partial charge is 0.0936 e. The number of ether oxygens (including phenoxy) is 2. The predicted octanol–water partition coefficient (Wildman–Crippen LogP) is 2.24. The summed E-state index contributed by atoms with van der Waals surface area (Å²) in [6.07, 6.45) is 2.02. The van der Waals surface area contributed by atoms with Crippen LogP contribution in [0, 0.1) is 0 Å². The van der Waals surface area contributed by atoms with E-state index < -0.39 is 0 Å². The maximum atomic E-state index is 5.39. The van der Waals surface area contributed by atoms with E-state index in [1.807, 2.05) is 0 Å². The summed E-state index contributed by atoms with van der Waals surface area (Å²) in [6.45, 7) is 6.17. The Labute approximate surface area is 109 Å². The van der Waals surface area contributed by atoms with Crippen molar-refractivity contribution in [2.24, 2.45) is 0 Å². The number of hydrogen-bond donors (Lipinski definition) is 0. The van der Waals surface area contributed by atoms with Gasteiger partial charge in [0.1, 0.15) is 0 Å². The van der Waals surface area contributed by atoms with E-state index in [0.717, 1.165) is 32.7 Å². The normalized spacial score (nSPS) is 27.2. The van der Waals surface area contributed by atoms with Gasteiger partial charge in [0.2, 0.25) is 0 Å². The van der Waals surface area contributed by atoms with E-state index in [4.69, 9.17) is 9.47 Å². The van der Waals surface area contributed by atoms with Gasteiger partial charge in [0.15, 0.2) is 0 Å². The van der Waals surface area contributed by atoms with Gasteiger partial charge >= 0.3 is 0 Å². The number of rotatable bonds is 7. The van der Waals surface area contributed by atoms with Crippen LogP contribution in [-0.2, 0) is 9.47 Å². The molecule has 2 aliphatic heterocycles. The molecule has 3 heteroatoms. The molecule has 0 amide bonds. The minimum Gasteiger partial charge on any atom is -0.372 e. The van der Waals surface area contributed by atoms with Gasteiger partial charge in [-0.1, -0.05) is 37.3 Å². The van der Waals surface area contributed by atoms with Crippen molar-refractivity contribution in [3.63, 3.8) is 0 Å². The van der Waals surface area contributed by atoms with Crippen LogP contribution in [0.5, 0.6) is 0 Å². The van der Waals surface area contributed by atoms with Gasteiger partial charge in [-0.25, -0.2) is 0 Å². The summed E-state index contributed by atoms with van der Waals surface area (Å²) in [5, 5.41) is 0. The van der Waals surface area contributed by atoms with Gasteiger partial charge in [-0.3, -0.25) is 4.90 Å². The lowest BCUT2D eigenvalue weighted by Crippen LogP contribution is -2.35. The third-order valence-electron chi connectivity index (χ3n) is 3.69. The van der Waals surface area contributed by atoms with Crippen molar-refractivity contribution >= 4 is 0 Å². The molecule has 0 spiro atoms. The fraction of sp³-hybridized carbons (Fsp3) is 0.600. The predicted molar refractivity (Wildman–Crippen MR) is 70.5 cm³/mol. The highest BCUT2D eigenvalue weighted by Gasteiger charge is 2.33. The maximum absolute atomic E-state index is 5.39. The first-order valence-corrected chi connectivity index (χ1v) is 6.89. The zero-order valence-electron chi connectivity index (χ0n) is 10.9. The summed E-state index contributed by atoms with van der Waals surface area (Å²) in [7, 11) is 0. The zero-order valence-corrected chi connectivity index (χ0v) is 10.9. The fourth-order valence-electron chi connectivity index (χ4n) is 2.58. The molecule has 2 fully saturated rings. The van der Waals surface area contributed by atoms with Crippen LogP contribution in [0.3, 0.4) is 0 Å². The van der Waals surface area contributed by atoms with E-state index in [0.29, 0.717) is 18.2 Å². The van der Waals surface area contributed by atoms with Crippen LogP contribution >= 0.6 is 0 Å². The minimum absolute atomic E-state index is 0.446. The van der Waals surface area contributed by atoms with E-state index in [2.05, 4.69) is 42.2 Å². The molecule has 2 saturated heterocycles. The van der Waals surface area contributed by atoms with Gasteiger partial charge in [0.25, 0.3) is 0 Å². The molecule has 0 N–H and O–H groups in total. The van der Waals surface area contributed by atoms with Crippen LogP contribution in [-0.4, -0.2) is 43.4 Å². The molecule has 1 aromatic carbocycles. The molecule has 0 aromatic heterocycles. The summed E-state index contributed by atoms with van der Waals surface area (Å²) in [5.41, 5.74) is 1.40. The molecule has 0 radical (unpaired) electrons. The van der Waals surface area contributed by atoms with Crippen molar-refractivity contribution in [1.29, 1.82) is 0 Å². The maximum Gasteiger partial charge on any atom is 0.0936 e. The molecular weight excluding hydrogens is 226 g/mol. The molecule has 3 rings (SSSR count). The van der Waals surface area contributed by atoms with Crippen LogP contribution in [0.2, 0.25) is 0 Å². The average Bonchev–Trinajstić information content (AvgIpc) is 3.27. The second-order valence-electron chi connectivity index (χ2n) is 5.20. The van der Waals surface area contributed by atoms with Crippen molar-refractivity contribution in [2.45, 2.75) is 31.6 Å². The van der Waals surface area contributed by atoms with E-state index >= 15 is 0 Å². The lowest BCUT2D eigenvalue weighted by molar-refractivity contribution is 0.159. The number of hydrogen-bond acceptors (Lipinski definition) is 3. The van der Waals surface area contributed by atoms with E-state index in [1.54, 1.807) is 0 Å². The van der Waals surface area contributed by atoms with Crippen molar-refractivity contribution in [3.05, 3.63) is 35.9 Å². The van der Waals surface area contributed by atoms with E-state index in [1.165, 1.54) is 5.56 Å². The first-order chi connectivity index (χ1) is 8.86. The second-order valence-corrected chi connectivity index (χ2v) is 5.20. The van der Waals surface area contributed by atoms with Crippen molar-refractivity contribution < 1.29 is 9.47 Å². The van der Waals surface area contributed by atoms with Crippen LogP contribution in [0.25, 0.3) is 0 Å². The van der Waals surface area contributed by atoms with Crippen molar-refractivity contribution in [1.82, 2.24) is 4.90 Å². The molecule has 1 aromatic rings. The summed E-state index contributed by atoms with van der Waals surface area (Å²) in [4.78, 5) is 2.53. The largest absolute Gasteiger partial charge is 0.372 e. The first kappa shape index (κ1) is 12.2. The first-order valence-electron chi connectivity index (χ1n) is 6.89. The molecule has 98 valence electrons. The quantitative estimate of drug-likeness (QED) is 0.692. The highest BCUT2D eigenvalue weighted by Crippen LogP contribution is 2.28. The van der Waals surface area contributed by atoms with Crippen molar-refractivity contribution in [2.75, 3.05) is 26.3 Å². The summed E-state index contributed by atoms with van der Waals surface area (Å²) in [6, 6.07) is 11.3. The van der Waals surface area contributed by atoms with Gasteiger partial charge in [0, 0.05) is 19.1 Å². The van der Waals surface area contributed by atoms with Gasteiger partial charge in [-0.15, -0.1) is 0 Å². The molecule has 2 aliphatic rings. The lowest BCUT2D eigenvalue weighted by atomic mass is 10.0. The van der Waals surface area contributed by atoms with E-state index in [9.17, 15) is 0 Å². The standard InChI is InChI=1S/C15H21NO2/c1-2-15(12-6-4-3-5-7-12)16(8-13-10-17-13)9-14-11-18-14/h3-7,13-15H,2,8-11H2,1H3. The van der Waals surface area contributed by atoms with Crippen LogP contribution < -0.4 is 0 Å². The Balaban J connectivity index is 1.71. The van der Waals surface area contributed by atoms with Gasteiger partial charge in [-0.05, 0) is 12.0 Å². The number of nitrogens with zero attached hydrogens (tertiary/aromatic N) is 1. The highest BCUT2D eigenvalue weighted by atomic mass is 16.6. The third kappa shape index (κ3) is 3.10. The van der Waals surface area contributed by atoms with E-state index in [-0.39, 0.29) is 0 Å². The number of benzene rings is 1. The Morgan fingerprint density at radius 1 is 1.11 bits per heavy atom. The molecule has 0 aliphatic carbocycles. The summed E-state index contributed by atoms with van der Waals surface area (Å²) < 4.78 is 10.8. The SMILES string of the molecule is CCC(c1ccccc1)N(CC1CO1)CC1CO1. The van der Waals surface area contributed by atoms with Gasteiger partial charge in [-0.2, -0.15) is 0 Å². The molecule has 0 saturated carbocycles. The van der Waals surface area contributed by atoms with Crippen molar-refractivity contribution in [3.8, 4) is 0 Å². The molecule has 18 heavy (non-hydrogen) atoms. The molecule has 2 heterocycles. The number of epoxide rings is 2. The molecule has 3 atom stereocenters. The second kappa shape index (κ2) is 5.39. The Hall–Kier alpha value is -0.900. The Morgan fingerprint density at radius 3 is 2.11 bits per heavy atom. The minimum atomic E-state index is 0.446. The summed E-state index contributed by atoms with van der Waals surface area (Å²) >= 11 is 0. The Kier molecular flexibility index (Phi) is 3.64. The zero-order chi connectivity index (χ0) is 12.4. The summed E-state index contributed by atoms with van der Waals surface area (Å²) in [5.74, 6) is 0. The monoisotopic (exact) mass is 247 g/mol. The van der Waals surface area contributed by atoms with Gasteiger partial charge < -0.3 is 9.47 Å². The molecule has 3 unspecified atom stereocenters. The Morgan fingerprint density at radius 2 is 1.67 bits per heavy atom. The van der Waals surface area contributed by atoms with Gasteiger partial charge in [0.05, 0.1) is 25.4 Å². The third-order valence-corrected chi connectivity index (χ3v) is 3.69. The molecule has 3 nitrogen and oxygen atoms in total. The lowest BCUT2D eigenvalue weighted by Gasteiger charge is -2.30. The van der Waals surface area contributed by atoms with Crippen LogP contribution in [0.1, 0.15) is 24.9 Å². The topological polar surface area (TPSA) is 28.3 Å². The molecule has 0 bridgehead atoms. The molecular formula is C15H21NO2. The average molecular weight is 247 g/mol. The van der Waals surface area contributed by atoms with Crippen LogP contribution in [0.4, 0.5) is 0 Å². The Bertz CT molecular complexity index is 359.